The molecule has 0 unspecified atom stereocenters. The maximum Gasteiger partial charge on any atom is 0.272 e. The molecule has 1 aromatic carbocycles. The molecule has 2 N–H and O–H groups in total. The molecular weight excluding hydrogens is 358 g/mol. The molecule has 140 valence electrons. The van der Waals surface area contributed by atoms with Crippen molar-refractivity contribution in [2.24, 2.45) is 0 Å². The van der Waals surface area contributed by atoms with Crippen molar-refractivity contribution in [1.82, 2.24) is 9.29 Å². The third-order valence-electron chi connectivity index (χ3n) is 3.61. The van der Waals surface area contributed by atoms with Crippen LogP contribution in [0.15, 0.2) is 40.0 Å². The molecule has 0 aliphatic carbocycles. The van der Waals surface area contributed by atoms with Crippen LogP contribution in [0.3, 0.4) is 0 Å². The maximum atomic E-state index is 12.4. The fourth-order valence-corrected chi connectivity index (χ4v) is 3.17. The minimum absolute atomic E-state index is 0.0808. The van der Waals surface area contributed by atoms with Gasteiger partial charge in [-0.25, -0.2) is 12.7 Å². The zero-order valence-electron chi connectivity index (χ0n) is 14.8. The molecule has 0 saturated carbocycles. The number of anilines is 1. The van der Waals surface area contributed by atoms with E-state index >= 15 is 0 Å². The number of nitrogens with one attached hydrogen (secondary N) is 2. The lowest BCUT2D eigenvalue weighted by Gasteiger charge is -2.16. The van der Waals surface area contributed by atoms with Crippen molar-refractivity contribution in [1.29, 1.82) is 0 Å². The normalized spacial score (nSPS) is 11.4. The van der Waals surface area contributed by atoms with E-state index in [-0.39, 0.29) is 10.6 Å². The van der Waals surface area contributed by atoms with Crippen molar-refractivity contribution in [3.05, 3.63) is 40.7 Å². The Hall–Kier alpha value is -2.65. The topological polar surface area (TPSA) is 109 Å². The standard InChI is InChI=1S/C17H21N3O5S/c1-4-9-25-16-8-5-12(26(23,24)20(2)3)10-13(16)14-6-7-15(18-11-21)17(22)19-14/h5-8,10-11H,4,9H2,1-3H3,(H,18,21)(H,19,22). The highest BCUT2D eigenvalue weighted by Crippen LogP contribution is 2.32. The molecule has 2 aromatic rings. The second-order valence-corrected chi connectivity index (χ2v) is 7.82. The number of rotatable bonds is 8. The van der Waals surface area contributed by atoms with E-state index < -0.39 is 15.6 Å². The predicted octanol–water partition coefficient (Wildman–Crippen LogP) is 1.65. The molecule has 0 saturated heterocycles. The van der Waals surface area contributed by atoms with Crippen LogP contribution in [0.2, 0.25) is 0 Å². The van der Waals surface area contributed by atoms with Crippen molar-refractivity contribution >= 4 is 22.1 Å². The number of amides is 1. The van der Waals surface area contributed by atoms with Crippen LogP contribution in [-0.4, -0.2) is 44.8 Å². The molecule has 0 bridgehead atoms. The average Bonchev–Trinajstić information content (AvgIpc) is 2.61. The van der Waals surface area contributed by atoms with E-state index in [1.165, 1.54) is 32.3 Å². The number of nitrogens with zero attached hydrogens (tertiary/aromatic N) is 1. The van der Waals surface area contributed by atoms with E-state index in [4.69, 9.17) is 4.74 Å². The van der Waals surface area contributed by atoms with Crippen LogP contribution in [-0.2, 0) is 14.8 Å². The van der Waals surface area contributed by atoms with Crippen molar-refractivity contribution < 1.29 is 17.9 Å². The molecule has 0 spiro atoms. The number of aromatic nitrogens is 1. The first kappa shape index (κ1) is 19.7. The highest BCUT2D eigenvalue weighted by Gasteiger charge is 2.20. The Morgan fingerprint density at radius 3 is 2.54 bits per heavy atom. The van der Waals surface area contributed by atoms with Crippen LogP contribution < -0.4 is 15.6 Å². The Labute approximate surface area is 151 Å². The number of hydrogen-bond donors (Lipinski definition) is 2. The molecule has 1 amide bonds. The summed E-state index contributed by atoms with van der Waals surface area (Å²) in [5, 5.41) is 2.30. The molecule has 0 fully saturated rings. The van der Waals surface area contributed by atoms with E-state index in [1.54, 1.807) is 12.1 Å². The summed E-state index contributed by atoms with van der Waals surface area (Å²) < 4.78 is 31.6. The Morgan fingerprint density at radius 1 is 1.23 bits per heavy atom. The monoisotopic (exact) mass is 379 g/mol. The predicted molar refractivity (Wildman–Crippen MR) is 98.8 cm³/mol. The van der Waals surface area contributed by atoms with Crippen molar-refractivity contribution in [3.8, 4) is 17.0 Å². The molecule has 0 atom stereocenters. The summed E-state index contributed by atoms with van der Waals surface area (Å²) in [5.74, 6) is 0.455. The number of aromatic amines is 1. The summed E-state index contributed by atoms with van der Waals surface area (Å²) in [6.45, 7) is 2.40. The fourth-order valence-electron chi connectivity index (χ4n) is 2.24. The van der Waals surface area contributed by atoms with Crippen LogP contribution in [0.25, 0.3) is 11.3 Å². The Kier molecular flexibility index (Phi) is 6.17. The van der Waals surface area contributed by atoms with Gasteiger partial charge in [0.1, 0.15) is 11.4 Å². The van der Waals surface area contributed by atoms with E-state index in [2.05, 4.69) is 10.3 Å². The average molecular weight is 379 g/mol. The first-order valence-corrected chi connectivity index (χ1v) is 9.38. The molecule has 1 heterocycles. The highest BCUT2D eigenvalue weighted by molar-refractivity contribution is 7.89. The van der Waals surface area contributed by atoms with Crippen molar-refractivity contribution in [2.45, 2.75) is 18.2 Å². The molecule has 26 heavy (non-hydrogen) atoms. The van der Waals surface area contributed by atoms with Crippen molar-refractivity contribution in [3.63, 3.8) is 0 Å². The maximum absolute atomic E-state index is 12.4. The van der Waals surface area contributed by atoms with Crippen LogP contribution in [0, 0.1) is 0 Å². The van der Waals surface area contributed by atoms with Gasteiger partial charge in [0.25, 0.3) is 5.56 Å². The van der Waals surface area contributed by atoms with Crippen molar-refractivity contribution in [2.75, 3.05) is 26.0 Å². The molecule has 9 heteroatoms. The molecule has 0 aliphatic rings. The number of ether oxygens (including phenoxy) is 1. The van der Waals surface area contributed by atoms with Gasteiger partial charge in [-0.15, -0.1) is 0 Å². The lowest BCUT2D eigenvalue weighted by Crippen LogP contribution is -2.22. The molecule has 0 radical (unpaired) electrons. The second kappa shape index (κ2) is 8.15. The fraction of sp³-hybridized carbons (Fsp3) is 0.294. The van der Waals surface area contributed by atoms with E-state index in [1.807, 2.05) is 6.92 Å². The quantitative estimate of drug-likeness (QED) is 0.678. The Bertz CT molecular complexity index is 951. The Morgan fingerprint density at radius 2 is 1.96 bits per heavy atom. The lowest BCUT2D eigenvalue weighted by atomic mass is 10.1. The summed E-state index contributed by atoms with van der Waals surface area (Å²) in [7, 11) is -0.759. The number of hydrogen-bond acceptors (Lipinski definition) is 5. The number of carbonyl (C=O) groups is 1. The van der Waals surface area contributed by atoms with Crippen LogP contribution in [0.4, 0.5) is 5.69 Å². The first-order chi connectivity index (χ1) is 12.3. The molecule has 0 aliphatic heterocycles. The Balaban J connectivity index is 2.61. The van der Waals surface area contributed by atoms with Crippen LogP contribution in [0.5, 0.6) is 5.75 Å². The van der Waals surface area contributed by atoms with E-state index in [9.17, 15) is 18.0 Å². The molecule has 8 nitrogen and oxygen atoms in total. The van der Waals surface area contributed by atoms with Crippen LogP contribution >= 0.6 is 0 Å². The highest BCUT2D eigenvalue weighted by atomic mass is 32.2. The SMILES string of the molecule is CCCOc1ccc(S(=O)(=O)N(C)C)cc1-c1ccc(NC=O)c(=O)[nH]1. The second-order valence-electron chi connectivity index (χ2n) is 5.67. The number of carbonyl (C=O) groups excluding carboxylic acids is 1. The van der Waals surface area contributed by atoms with Gasteiger partial charge in [-0.1, -0.05) is 6.92 Å². The van der Waals surface area contributed by atoms with E-state index in [0.29, 0.717) is 30.0 Å². The van der Waals surface area contributed by atoms with Gasteiger partial charge in [-0.05, 0) is 36.8 Å². The number of sulfonamides is 1. The third-order valence-corrected chi connectivity index (χ3v) is 5.42. The smallest absolute Gasteiger partial charge is 0.272 e. The zero-order valence-corrected chi connectivity index (χ0v) is 15.6. The largest absolute Gasteiger partial charge is 0.493 e. The van der Waals surface area contributed by atoms with Gasteiger partial charge in [0.2, 0.25) is 16.4 Å². The minimum atomic E-state index is -3.64. The summed E-state index contributed by atoms with van der Waals surface area (Å²) in [5.41, 5.74) is 0.415. The van der Waals surface area contributed by atoms with Gasteiger partial charge < -0.3 is 15.0 Å². The third kappa shape index (κ3) is 4.12. The summed E-state index contributed by atoms with van der Waals surface area (Å²) in [6.07, 6.45) is 1.18. The minimum Gasteiger partial charge on any atom is -0.493 e. The van der Waals surface area contributed by atoms with E-state index in [0.717, 1.165) is 10.7 Å². The summed E-state index contributed by atoms with van der Waals surface area (Å²) >= 11 is 0. The zero-order chi connectivity index (χ0) is 19.3. The van der Waals surface area contributed by atoms with Crippen LogP contribution in [0.1, 0.15) is 13.3 Å². The van der Waals surface area contributed by atoms with Gasteiger partial charge in [0, 0.05) is 19.7 Å². The van der Waals surface area contributed by atoms with Gasteiger partial charge in [-0.2, -0.15) is 0 Å². The van der Waals surface area contributed by atoms with Gasteiger partial charge >= 0.3 is 0 Å². The van der Waals surface area contributed by atoms with Gasteiger partial charge in [0.05, 0.1) is 17.2 Å². The first-order valence-electron chi connectivity index (χ1n) is 7.94. The molecular formula is C17H21N3O5S. The number of H-pyrrole nitrogens is 1. The number of pyridine rings is 1. The summed E-state index contributed by atoms with van der Waals surface area (Å²) in [6, 6.07) is 7.51. The summed E-state index contributed by atoms with van der Waals surface area (Å²) in [4.78, 5) is 25.3. The number of benzene rings is 1. The molecule has 1 aromatic heterocycles. The molecule has 2 rings (SSSR count). The van der Waals surface area contributed by atoms with Gasteiger partial charge in [-0.3, -0.25) is 9.59 Å². The lowest BCUT2D eigenvalue weighted by molar-refractivity contribution is -0.105. The van der Waals surface area contributed by atoms with Gasteiger partial charge in [0.15, 0.2) is 0 Å².